The molecule has 37 heavy (non-hydrogen) atoms. The molecule has 0 saturated carbocycles. The van der Waals surface area contributed by atoms with Crippen LogP contribution in [0.1, 0.15) is 82.3 Å². The first kappa shape index (κ1) is 26.5. The molecule has 8 nitrogen and oxygen atoms in total. The number of carbonyl (C=O) groups excluding carboxylic acids is 1. The molecule has 2 aromatic heterocycles. The van der Waals surface area contributed by atoms with E-state index in [-0.39, 0.29) is 35.4 Å². The average Bonchev–Trinajstić information content (AvgIpc) is 3.30. The molecule has 0 aliphatic carbocycles. The maximum Gasteiger partial charge on any atom is 0.227 e. The number of nitrogens with one attached hydrogen (secondary N) is 1. The van der Waals surface area contributed by atoms with Crippen molar-refractivity contribution in [2.75, 3.05) is 5.32 Å². The Hall–Kier alpha value is -3.57. The van der Waals surface area contributed by atoms with Crippen LogP contribution in [0.15, 0.2) is 42.9 Å². The zero-order valence-electron chi connectivity index (χ0n) is 22.6. The van der Waals surface area contributed by atoms with Crippen LogP contribution in [0.4, 0.5) is 11.6 Å². The molecule has 1 aromatic carbocycles. The molecule has 1 fully saturated rings. The van der Waals surface area contributed by atoms with Crippen molar-refractivity contribution in [3.05, 3.63) is 54.0 Å². The maximum absolute atomic E-state index is 12.5. The second-order valence-electron chi connectivity index (χ2n) is 11.2. The molecule has 0 bridgehead atoms. The fourth-order valence-electron chi connectivity index (χ4n) is 5.19. The molecule has 0 amide bonds. The van der Waals surface area contributed by atoms with Gasteiger partial charge in [-0.05, 0) is 59.4 Å². The number of benzene rings is 1. The van der Waals surface area contributed by atoms with E-state index in [1.807, 2.05) is 36.9 Å². The predicted molar refractivity (Wildman–Crippen MR) is 144 cm³/mol. The summed E-state index contributed by atoms with van der Waals surface area (Å²) in [6, 6.07) is 9.83. The quantitative estimate of drug-likeness (QED) is 0.356. The Morgan fingerprint density at radius 1 is 1.19 bits per heavy atom. The van der Waals surface area contributed by atoms with Crippen molar-refractivity contribution < 1.29 is 9.53 Å². The largest absolute Gasteiger partial charge is 0.370 e. The number of hydrogen-bond donors (Lipinski definition) is 1. The number of nitrogens with zero attached hydrogens (tertiary/aromatic N) is 5. The minimum atomic E-state index is -0.251. The Balaban J connectivity index is 1.49. The lowest BCUT2D eigenvalue weighted by atomic mass is 9.85. The third kappa shape index (κ3) is 6.41. The van der Waals surface area contributed by atoms with E-state index in [2.05, 4.69) is 49.2 Å². The van der Waals surface area contributed by atoms with E-state index in [9.17, 15) is 4.79 Å². The number of rotatable bonds is 8. The highest BCUT2D eigenvalue weighted by molar-refractivity contribution is 5.96. The van der Waals surface area contributed by atoms with Crippen molar-refractivity contribution in [1.29, 1.82) is 5.26 Å². The summed E-state index contributed by atoms with van der Waals surface area (Å²) in [4.78, 5) is 21.7. The molecule has 8 heteroatoms. The van der Waals surface area contributed by atoms with Crippen LogP contribution in [0, 0.1) is 24.2 Å². The van der Waals surface area contributed by atoms with E-state index >= 15 is 0 Å². The number of hydrogen-bond acceptors (Lipinski definition) is 7. The SMILES string of the molecule is CC[C@H](C#N)CC(=O)c1ccc(-c2nc(Nc3cnn(C4CC(C)(C)OC(C)(C)C4)c3)ncc2C)cc1. The molecule has 0 radical (unpaired) electrons. The smallest absolute Gasteiger partial charge is 0.227 e. The van der Waals surface area contributed by atoms with Crippen LogP contribution in [0.2, 0.25) is 0 Å². The van der Waals surface area contributed by atoms with E-state index in [1.54, 1.807) is 24.5 Å². The zero-order valence-corrected chi connectivity index (χ0v) is 22.6. The van der Waals surface area contributed by atoms with Gasteiger partial charge in [0.15, 0.2) is 5.78 Å². The number of anilines is 2. The van der Waals surface area contributed by atoms with Crippen molar-refractivity contribution in [1.82, 2.24) is 19.7 Å². The predicted octanol–water partition coefficient (Wildman–Crippen LogP) is 6.42. The summed E-state index contributed by atoms with van der Waals surface area (Å²) in [7, 11) is 0. The van der Waals surface area contributed by atoms with Gasteiger partial charge in [-0.2, -0.15) is 10.4 Å². The average molecular weight is 501 g/mol. The molecule has 0 spiro atoms. The van der Waals surface area contributed by atoms with Crippen molar-refractivity contribution in [3.63, 3.8) is 0 Å². The first-order valence-corrected chi connectivity index (χ1v) is 12.9. The van der Waals surface area contributed by atoms with Gasteiger partial charge < -0.3 is 10.1 Å². The summed E-state index contributed by atoms with van der Waals surface area (Å²) in [5.74, 6) is 0.210. The minimum Gasteiger partial charge on any atom is -0.370 e. The highest BCUT2D eigenvalue weighted by Gasteiger charge is 2.40. The first-order chi connectivity index (χ1) is 17.5. The normalized spacial score (nSPS) is 17.6. The standard InChI is InChI=1S/C29H36N6O2/c1-7-20(15-30)12-25(36)21-8-10-22(11-9-21)26-19(2)16-31-27(34-26)33-23-17-32-35(18-23)24-13-28(3,4)37-29(5,6)14-24/h8-11,16-18,20,24H,7,12-14H2,1-6H3,(H,31,33,34)/t20-/m0/s1. The lowest BCUT2D eigenvalue weighted by Crippen LogP contribution is -2.45. The van der Waals surface area contributed by atoms with Crippen molar-refractivity contribution in [2.45, 2.75) is 84.5 Å². The monoisotopic (exact) mass is 500 g/mol. The van der Waals surface area contributed by atoms with Crippen LogP contribution in [0.3, 0.4) is 0 Å². The molecule has 1 aliphatic heterocycles. The molecule has 4 rings (SSSR count). The molecule has 3 heterocycles. The summed E-state index contributed by atoms with van der Waals surface area (Å²) < 4.78 is 8.23. The Bertz CT molecular complexity index is 1290. The lowest BCUT2D eigenvalue weighted by Gasteiger charge is -2.45. The maximum atomic E-state index is 12.5. The van der Waals surface area contributed by atoms with Gasteiger partial charge in [0, 0.05) is 29.9 Å². The summed E-state index contributed by atoms with van der Waals surface area (Å²) >= 11 is 0. The summed E-state index contributed by atoms with van der Waals surface area (Å²) in [6.07, 6.45) is 8.26. The molecular formula is C29H36N6O2. The molecule has 1 atom stereocenters. The number of carbonyl (C=O) groups is 1. The van der Waals surface area contributed by atoms with E-state index in [4.69, 9.17) is 15.0 Å². The molecule has 194 valence electrons. The topological polar surface area (TPSA) is 106 Å². The first-order valence-electron chi connectivity index (χ1n) is 12.9. The Kier molecular flexibility index (Phi) is 7.47. The summed E-state index contributed by atoms with van der Waals surface area (Å²) in [6.45, 7) is 12.4. The Morgan fingerprint density at radius 3 is 2.49 bits per heavy atom. The number of ketones is 1. The van der Waals surface area contributed by atoms with E-state index in [1.165, 1.54) is 0 Å². The lowest BCUT2D eigenvalue weighted by molar-refractivity contribution is -0.170. The fourth-order valence-corrected chi connectivity index (χ4v) is 5.19. The number of aryl methyl sites for hydroxylation is 1. The molecule has 1 saturated heterocycles. The van der Waals surface area contributed by atoms with Gasteiger partial charge in [-0.3, -0.25) is 9.48 Å². The van der Waals surface area contributed by atoms with Gasteiger partial charge in [0.2, 0.25) is 5.95 Å². The highest BCUT2D eigenvalue weighted by atomic mass is 16.5. The second kappa shape index (κ2) is 10.4. The van der Waals surface area contributed by atoms with Gasteiger partial charge in [0.05, 0.1) is 46.8 Å². The van der Waals surface area contributed by atoms with Gasteiger partial charge in [0.1, 0.15) is 0 Å². The Morgan fingerprint density at radius 2 is 1.86 bits per heavy atom. The van der Waals surface area contributed by atoms with Crippen LogP contribution in [0.25, 0.3) is 11.3 Å². The molecule has 1 N–H and O–H groups in total. The zero-order chi connectivity index (χ0) is 26.8. The summed E-state index contributed by atoms with van der Waals surface area (Å²) in [5.41, 5.74) is 3.62. The van der Waals surface area contributed by atoms with Gasteiger partial charge >= 0.3 is 0 Å². The van der Waals surface area contributed by atoms with Crippen LogP contribution in [0.5, 0.6) is 0 Å². The molecular weight excluding hydrogens is 464 g/mol. The minimum absolute atomic E-state index is 0.0185. The van der Waals surface area contributed by atoms with Crippen molar-refractivity contribution >= 4 is 17.4 Å². The molecule has 1 aliphatic rings. The van der Waals surface area contributed by atoms with Gasteiger partial charge in [-0.1, -0.05) is 31.2 Å². The summed E-state index contributed by atoms with van der Waals surface area (Å²) in [5, 5.41) is 17.1. The molecule has 3 aromatic rings. The third-order valence-electron chi connectivity index (χ3n) is 6.80. The highest BCUT2D eigenvalue weighted by Crippen LogP contribution is 2.40. The number of nitriles is 1. The molecule has 0 unspecified atom stereocenters. The van der Waals surface area contributed by atoms with Crippen LogP contribution < -0.4 is 5.32 Å². The number of aromatic nitrogens is 4. The van der Waals surface area contributed by atoms with Crippen LogP contribution >= 0.6 is 0 Å². The van der Waals surface area contributed by atoms with Gasteiger partial charge in [-0.15, -0.1) is 0 Å². The van der Waals surface area contributed by atoms with Crippen molar-refractivity contribution in [2.24, 2.45) is 5.92 Å². The van der Waals surface area contributed by atoms with Gasteiger partial charge in [0.25, 0.3) is 0 Å². The van der Waals surface area contributed by atoms with E-state index in [0.717, 1.165) is 35.3 Å². The van der Waals surface area contributed by atoms with Crippen molar-refractivity contribution in [3.8, 4) is 17.3 Å². The van der Waals surface area contributed by atoms with E-state index in [0.29, 0.717) is 17.9 Å². The fraction of sp³-hybridized carbons (Fsp3) is 0.483. The van der Waals surface area contributed by atoms with E-state index < -0.39 is 0 Å². The van der Waals surface area contributed by atoms with Crippen LogP contribution in [-0.4, -0.2) is 36.7 Å². The number of Topliss-reactive ketones (excluding diaryl/α,β-unsaturated/α-hetero) is 1. The van der Waals surface area contributed by atoms with Gasteiger partial charge in [-0.25, -0.2) is 9.97 Å². The third-order valence-corrected chi connectivity index (χ3v) is 6.80. The second-order valence-corrected chi connectivity index (χ2v) is 11.2. The van der Waals surface area contributed by atoms with Crippen LogP contribution in [-0.2, 0) is 4.74 Å². The Labute approximate surface area is 219 Å². The number of ether oxygens (including phenoxy) is 1.